The minimum atomic E-state index is 0.191. The van der Waals surface area contributed by atoms with Gasteiger partial charge in [0.25, 0.3) is 0 Å². The molecule has 1 saturated heterocycles. The number of piperidine rings is 1. The van der Waals surface area contributed by atoms with E-state index in [0.717, 1.165) is 50.3 Å². The van der Waals surface area contributed by atoms with E-state index >= 15 is 0 Å². The molecule has 0 bridgehead atoms. The second-order valence-electron chi connectivity index (χ2n) is 7.12. The van der Waals surface area contributed by atoms with Crippen molar-refractivity contribution >= 4 is 5.91 Å². The van der Waals surface area contributed by atoms with E-state index in [1.165, 1.54) is 0 Å². The number of ether oxygens (including phenoxy) is 2. The van der Waals surface area contributed by atoms with Crippen LogP contribution in [0.5, 0.6) is 5.75 Å². The van der Waals surface area contributed by atoms with Gasteiger partial charge in [0, 0.05) is 19.7 Å². The first kappa shape index (κ1) is 19.7. The molecule has 0 aliphatic carbocycles. The third-order valence-corrected chi connectivity index (χ3v) is 4.36. The van der Waals surface area contributed by atoms with Crippen LogP contribution in [0.25, 0.3) is 0 Å². The van der Waals surface area contributed by atoms with Gasteiger partial charge in [0.2, 0.25) is 5.91 Å². The molecule has 25 heavy (non-hydrogen) atoms. The second-order valence-corrected chi connectivity index (χ2v) is 7.12. The maximum absolute atomic E-state index is 12.5. The Morgan fingerprint density at radius 1 is 1.24 bits per heavy atom. The topological polar surface area (TPSA) is 64.8 Å². The average Bonchev–Trinajstić information content (AvgIpc) is 2.62. The van der Waals surface area contributed by atoms with Crippen LogP contribution in [0.3, 0.4) is 0 Å². The minimum absolute atomic E-state index is 0.191. The van der Waals surface area contributed by atoms with Crippen LogP contribution in [0.15, 0.2) is 24.3 Å². The third kappa shape index (κ3) is 7.04. The summed E-state index contributed by atoms with van der Waals surface area (Å²) in [5.74, 6) is 1.56. The van der Waals surface area contributed by atoms with Crippen LogP contribution in [0, 0.1) is 5.92 Å². The number of likely N-dealkylation sites (tertiary alicyclic amines) is 1. The van der Waals surface area contributed by atoms with Gasteiger partial charge in [0.1, 0.15) is 5.75 Å². The van der Waals surface area contributed by atoms with Gasteiger partial charge in [0.05, 0.1) is 19.1 Å². The molecule has 0 unspecified atom stereocenters. The van der Waals surface area contributed by atoms with Gasteiger partial charge in [-0.15, -0.1) is 0 Å². The Kier molecular flexibility index (Phi) is 8.22. The summed E-state index contributed by atoms with van der Waals surface area (Å²) in [7, 11) is 0. The van der Waals surface area contributed by atoms with Gasteiger partial charge in [-0.1, -0.05) is 26.0 Å². The van der Waals surface area contributed by atoms with Gasteiger partial charge >= 0.3 is 0 Å². The van der Waals surface area contributed by atoms with Crippen molar-refractivity contribution in [2.75, 3.05) is 32.8 Å². The first-order valence-electron chi connectivity index (χ1n) is 9.39. The molecule has 1 aliphatic heterocycles. The van der Waals surface area contributed by atoms with Gasteiger partial charge in [-0.2, -0.15) is 0 Å². The summed E-state index contributed by atoms with van der Waals surface area (Å²) in [6.07, 6.45) is 3.45. The molecule has 1 aromatic rings. The zero-order valence-corrected chi connectivity index (χ0v) is 15.6. The Hall–Kier alpha value is -1.59. The first-order chi connectivity index (χ1) is 12.1. The fraction of sp³-hybridized carbons (Fsp3) is 0.650. The molecular formula is C20H32N2O3. The molecule has 0 aromatic heterocycles. The SMILES string of the molecule is CC(C)COc1ccc(CC(=O)N2CCC(OCCCN)CC2)cc1. The minimum Gasteiger partial charge on any atom is -0.493 e. The van der Waals surface area contributed by atoms with Crippen LogP contribution in [-0.2, 0) is 16.0 Å². The molecule has 0 spiro atoms. The van der Waals surface area contributed by atoms with Crippen molar-refractivity contribution in [3.8, 4) is 5.75 Å². The normalized spacial score (nSPS) is 15.6. The maximum Gasteiger partial charge on any atom is 0.226 e. The Labute approximate surface area is 151 Å². The third-order valence-electron chi connectivity index (χ3n) is 4.36. The molecule has 5 heteroatoms. The molecule has 1 heterocycles. The summed E-state index contributed by atoms with van der Waals surface area (Å²) in [6.45, 7) is 7.90. The van der Waals surface area contributed by atoms with Gasteiger partial charge in [-0.3, -0.25) is 4.79 Å². The number of benzene rings is 1. The van der Waals surface area contributed by atoms with Crippen molar-refractivity contribution in [2.45, 2.75) is 45.6 Å². The first-order valence-corrected chi connectivity index (χ1v) is 9.39. The monoisotopic (exact) mass is 348 g/mol. The van der Waals surface area contributed by atoms with Crippen molar-refractivity contribution in [2.24, 2.45) is 11.7 Å². The van der Waals surface area contributed by atoms with Crippen LogP contribution in [0.2, 0.25) is 0 Å². The van der Waals surface area contributed by atoms with E-state index in [-0.39, 0.29) is 12.0 Å². The molecule has 1 amide bonds. The molecule has 0 saturated carbocycles. The van der Waals surface area contributed by atoms with Crippen LogP contribution in [0.1, 0.15) is 38.7 Å². The second kappa shape index (κ2) is 10.4. The quantitative estimate of drug-likeness (QED) is 0.697. The van der Waals surface area contributed by atoms with Crippen molar-refractivity contribution < 1.29 is 14.3 Å². The molecule has 0 atom stereocenters. The molecule has 1 fully saturated rings. The zero-order valence-electron chi connectivity index (χ0n) is 15.6. The van der Waals surface area contributed by atoms with Crippen molar-refractivity contribution in [3.05, 3.63) is 29.8 Å². The summed E-state index contributed by atoms with van der Waals surface area (Å²) in [4.78, 5) is 14.4. The molecule has 2 rings (SSSR count). The van der Waals surface area contributed by atoms with E-state index in [9.17, 15) is 4.79 Å². The number of nitrogens with two attached hydrogens (primary N) is 1. The Morgan fingerprint density at radius 2 is 1.92 bits per heavy atom. The van der Waals surface area contributed by atoms with E-state index in [1.54, 1.807) is 0 Å². The standard InChI is InChI=1S/C20H32N2O3/c1-16(2)15-25-18-6-4-17(5-7-18)14-20(23)22-11-8-19(9-12-22)24-13-3-10-21/h4-7,16,19H,3,8-15,21H2,1-2H3. The number of carbonyl (C=O) groups is 1. The van der Waals surface area contributed by atoms with Crippen LogP contribution in [-0.4, -0.2) is 49.8 Å². The summed E-state index contributed by atoms with van der Waals surface area (Å²) < 4.78 is 11.5. The highest BCUT2D eigenvalue weighted by Crippen LogP contribution is 2.17. The van der Waals surface area contributed by atoms with Crippen LogP contribution >= 0.6 is 0 Å². The average molecular weight is 348 g/mol. The predicted octanol–water partition coefficient (Wildman–Crippen LogP) is 2.62. The Morgan fingerprint density at radius 3 is 2.52 bits per heavy atom. The number of amides is 1. The highest BCUT2D eigenvalue weighted by Gasteiger charge is 2.23. The van der Waals surface area contributed by atoms with Crippen molar-refractivity contribution in [3.63, 3.8) is 0 Å². The van der Waals surface area contributed by atoms with Gasteiger partial charge in [-0.05, 0) is 49.4 Å². The van der Waals surface area contributed by atoms with E-state index in [1.807, 2.05) is 29.2 Å². The fourth-order valence-electron chi connectivity index (χ4n) is 2.86. The van der Waals surface area contributed by atoms with Crippen molar-refractivity contribution in [1.29, 1.82) is 0 Å². The lowest BCUT2D eigenvalue weighted by molar-refractivity contribution is -0.133. The number of hydrogen-bond acceptors (Lipinski definition) is 4. The number of carbonyl (C=O) groups excluding carboxylic acids is 1. The molecule has 1 aliphatic rings. The predicted molar refractivity (Wildman–Crippen MR) is 99.7 cm³/mol. The summed E-state index contributed by atoms with van der Waals surface area (Å²) in [6, 6.07) is 7.86. The molecule has 0 radical (unpaired) electrons. The number of nitrogens with zero attached hydrogens (tertiary/aromatic N) is 1. The van der Waals surface area contributed by atoms with E-state index in [2.05, 4.69) is 13.8 Å². The molecule has 140 valence electrons. The highest BCUT2D eigenvalue weighted by molar-refractivity contribution is 5.78. The Bertz CT molecular complexity index is 508. The smallest absolute Gasteiger partial charge is 0.226 e. The molecule has 5 nitrogen and oxygen atoms in total. The number of hydrogen-bond donors (Lipinski definition) is 1. The lowest BCUT2D eigenvalue weighted by atomic mass is 10.1. The van der Waals surface area contributed by atoms with Gasteiger partial charge in [0.15, 0.2) is 0 Å². The Balaban J connectivity index is 1.73. The molecular weight excluding hydrogens is 316 g/mol. The zero-order chi connectivity index (χ0) is 18.1. The summed E-state index contributed by atoms with van der Waals surface area (Å²) in [5.41, 5.74) is 6.51. The van der Waals surface area contributed by atoms with E-state index in [0.29, 0.717) is 25.5 Å². The highest BCUT2D eigenvalue weighted by atomic mass is 16.5. The van der Waals surface area contributed by atoms with Gasteiger partial charge in [-0.25, -0.2) is 0 Å². The largest absolute Gasteiger partial charge is 0.493 e. The maximum atomic E-state index is 12.5. The van der Waals surface area contributed by atoms with E-state index in [4.69, 9.17) is 15.2 Å². The summed E-state index contributed by atoms with van der Waals surface area (Å²) >= 11 is 0. The molecule has 2 N–H and O–H groups in total. The summed E-state index contributed by atoms with van der Waals surface area (Å²) in [5, 5.41) is 0. The lowest BCUT2D eigenvalue weighted by Gasteiger charge is -2.32. The van der Waals surface area contributed by atoms with Crippen LogP contribution in [0.4, 0.5) is 0 Å². The number of rotatable bonds is 9. The van der Waals surface area contributed by atoms with Crippen LogP contribution < -0.4 is 10.5 Å². The van der Waals surface area contributed by atoms with E-state index < -0.39 is 0 Å². The van der Waals surface area contributed by atoms with Crippen molar-refractivity contribution in [1.82, 2.24) is 4.90 Å². The lowest BCUT2D eigenvalue weighted by Crippen LogP contribution is -2.41. The fourth-order valence-corrected chi connectivity index (χ4v) is 2.86. The van der Waals surface area contributed by atoms with Gasteiger partial charge < -0.3 is 20.1 Å². The molecule has 1 aromatic carbocycles.